The Balaban J connectivity index is 2.25. The van der Waals surface area contributed by atoms with Gasteiger partial charge in [0.1, 0.15) is 11.5 Å². The highest BCUT2D eigenvalue weighted by Crippen LogP contribution is 2.33. The number of nitro benzene ring substituents is 1. The van der Waals surface area contributed by atoms with Crippen LogP contribution in [0.5, 0.6) is 0 Å². The summed E-state index contributed by atoms with van der Waals surface area (Å²) in [6.45, 7) is 0. The van der Waals surface area contributed by atoms with E-state index in [2.05, 4.69) is 5.32 Å². The zero-order valence-corrected chi connectivity index (χ0v) is 9.45. The number of rotatable bonds is 3. The molecule has 1 aliphatic rings. The first-order valence-corrected chi connectivity index (χ1v) is 5.43. The molecule has 5 nitrogen and oxygen atoms in total. The van der Waals surface area contributed by atoms with E-state index in [1.807, 2.05) is 0 Å². The van der Waals surface area contributed by atoms with Gasteiger partial charge in [-0.3, -0.25) is 10.1 Å². The maximum absolute atomic E-state index is 13.2. The summed E-state index contributed by atoms with van der Waals surface area (Å²) in [6, 6.07) is 1.92. The molecule has 0 spiro atoms. The predicted molar refractivity (Wildman–Crippen MR) is 60.7 cm³/mol. The number of hydrogen-bond acceptors (Lipinski definition) is 4. The van der Waals surface area contributed by atoms with E-state index in [0.29, 0.717) is 12.8 Å². The number of aliphatic hydroxyl groups is 1. The number of nitrogens with zero attached hydrogens (tertiary/aromatic N) is 1. The van der Waals surface area contributed by atoms with Crippen LogP contribution in [0.2, 0.25) is 5.02 Å². The fraction of sp³-hybridized carbons (Fsp3) is 0.400. The van der Waals surface area contributed by atoms with Crippen molar-refractivity contribution in [2.45, 2.75) is 25.0 Å². The Labute approximate surface area is 101 Å². The Bertz CT molecular complexity index is 463. The summed E-state index contributed by atoms with van der Waals surface area (Å²) in [5.41, 5.74) is -0.174. The molecule has 0 radical (unpaired) electrons. The number of aliphatic hydroxyl groups excluding tert-OH is 1. The first-order valence-electron chi connectivity index (χ1n) is 5.05. The van der Waals surface area contributed by atoms with Crippen LogP contribution in [0, 0.1) is 15.9 Å². The third kappa shape index (κ3) is 2.48. The van der Waals surface area contributed by atoms with E-state index < -0.39 is 10.7 Å². The van der Waals surface area contributed by atoms with Crippen molar-refractivity contribution >= 4 is 23.0 Å². The molecule has 7 heteroatoms. The highest BCUT2D eigenvalue weighted by molar-refractivity contribution is 6.31. The number of nitro groups is 1. The summed E-state index contributed by atoms with van der Waals surface area (Å²) < 4.78 is 13.2. The lowest BCUT2D eigenvalue weighted by Gasteiger charge is -2.32. The standard InChI is InChI=1S/C10H10ClFN2O3/c11-7-3-10(14(16)17)9(4-8(7)12)13-5-1-6(15)2-5/h3-6,13,15H,1-2H2. The summed E-state index contributed by atoms with van der Waals surface area (Å²) >= 11 is 5.49. The molecule has 1 aliphatic carbocycles. The Morgan fingerprint density at radius 2 is 2.18 bits per heavy atom. The molecule has 0 amide bonds. The minimum absolute atomic E-state index is 0.0655. The molecular weight excluding hydrogens is 251 g/mol. The number of hydrogen-bond donors (Lipinski definition) is 2. The van der Waals surface area contributed by atoms with Gasteiger partial charge >= 0.3 is 0 Å². The van der Waals surface area contributed by atoms with Gasteiger partial charge in [-0.05, 0) is 12.8 Å². The molecule has 1 aromatic rings. The van der Waals surface area contributed by atoms with E-state index in [1.165, 1.54) is 0 Å². The van der Waals surface area contributed by atoms with Crippen LogP contribution >= 0.6 is 11.6 Å². The van der Waals surface area contributed by atoms with Crippen LogP contribution in [0.15, 0.2) is 12.1 Å². The van der Waals surface area contributed by atoms with Crippen molar-refractivity contribution in [2.75, 3.05) is 5.32 Å². The third-order valence-electron chi connectivity index (χ3n) is 2.71. The number of anilines is 1. The maximum Gasteiger partial charge on any atom is 0.294 e. The fourth-order valence-corrected chi connectivity index (χ4v) is 1.89. The molecule has 0 aromatic heterocycles. The minimum atomic E-state index is -0.709. The van der Waals surface area contributed by atoms with Crippen molar-refractivity contribution in [1.29, 1.82) is 0 Å². The van der Waals surface area contributed by atoms with Crippen molar-refractivity contribution in [3.8, 4) is 0 Å². The molecule has 0 bridgehead atoms. The van der Waals surface area contributed by atoms with Crippen LogP contribution in [0.1, 0.15) is 12.8 Å². The average Bonchev–Trinajstić information content (AvgIpc) is 2.20. The SMILES string of the molecule is O=[N+]([O-])c1cc(Cl)c(F)cc1NC1CC(O)C1. The van der Waals surface area contributed by atoms with Crippen LogP contribution in [0.3, 0.4) is 0 Å². The molecule has 1 aromatic carbocycles. The zero-order chi connectivity index (χ0) is 12.6. The maximum atomic E-state index is 13.2. The molecular formula is C10H10ClFN2O3. The Morgan fingerprint density at radius 1 is 1.53 bits per heavy atom. The van der Waals surface area contributed by atoms with E-state index in [4.69, 9.17) is 16.7 Å². The van der Waals surface area contributed by atoms with Crippen LogP contribution in [0.4, 0.5) is 15.8 Å². The van der Waals surface area contributed by atoms with Crippen LogP contribution in [-0.4, -0.2) is 22.2 Å². The van der Waals surface area contributed by atoms with Gasteiger partial charge in [0.25, 0.3) is 5.69 Å². The molecule has 1 fully saturated rings. The molecule has 2 rings (SSSR count). The second-order valence-electron chi connectivity index (χ2n) is 4.01. The molecule has 0 saturated heterocycles. The topological polar surface area (TPSA) is 75.4 Å². The van der Waals surface area contributed by atoms with Crippen molar-refractivity contribution in [3.63, 3.8) is 0 Å². The number of nitrogens with one attached hydrogen (secondary N) is 1. The van der Waals surface area contributed by atoms with Gasteiger partial charge in [-0.25, -0.2) is 4.39 Å². The second kappa shape index (κ2) is 4.46. The predicted octanol–water partition coefficient (Wildman–Crippen LogP) is 2.32. The fourth-order valence-electron chi connectivity index (χ4n) is 1.73. The lowest BCUT2D eigenvalue weighted by Crippen LogP contribution is -2.39. The molecule has 92 valence electrons. The number of halogens is 2. The van der Waals surface area contributed by atoms with Gasteiger partial charge in [0.2, 0.25) is 0 Å². The Hall–Kier alpha value is -1.40. The Kier molecular flexibility index (Phi) is 3.17. The summed E-state index contributed by atoms with van der Waals surface area (Å²) in [6.07, 6.45) is 0.617. The quantitative estimate of drug-likeness (QED) is 0.646. The smallest absolute Gasteiger partial charge is 0.294 e. The molecule has 0 heterocycles. The van der Waals surface area contributed by atoms with Crippen molar-refractivity contribution < 1.29 is 14.4 Å². The lowest BCUT2D eigenvalue weighted by atomic mass is 9.89. The molecule has 2 N–H and O–H groups in total. The van der Waals surface area contributed by atoms with Gasteiger partial charge in [0.05, 0.1) is 16.0 Å². The van der Waals surface area contributed by atoms with Gasteiger partial charge in [0.15, 0.2) is 0 Å². The molecule has 0 atom stereocenters. The van der Waals surface area contributed by atoms with Gasteiger partial charge in [-0.1, -0.05) is 11.6 Å². The highest BCUT2D eigenvalue weighted by Gasteiger charge is 2.29. The lowest BCUT2D eigenvalue weighted by molar-refractivity contribution is -0.384. The largest absolute Gasteiger partial charge is 0.393 e. The first-order chi connectivity index (χ1) is 7.97. The van der Waals surface area contributed by atoms with Crippen LogP contribution < -0.4 is 5.32 Å². The summed E-state index contributed by atoms with van der Waals surface area (Å²) in [5.74, 6) is -0.709. The normalized spacial score (nSPS) is 23.0. The van der Waals surface area contributed by atoms with Gasteiger partial charge < -0.3 is 10.4 Å². The van der Waals surface area contributed by atoms with Gasteiger partial charge in [-0.15, -0.1) is 0 Å². The monoisotopic (exact) mass is 260 g/mol. The average molecular weight is 261 g/mol. The van der Waals surface area contributed by atoms with Crippen LogP contribution in [0.25, 0.3) is 0 Å². The van der Waals surface area contributed by atoms with E-state index in [9.17, 15) is 14.5 Å². The molecule has 0 unspecified atom stereocenters. The summed E-state index contributed by atoms with van der Waals surface area (Å²) in [5, 5.41) is 22.4. The van der Waals surface area contributed by atoms with Crippen molar-refractivity contribution in [1.82, 2.24) is 0 Å². The van der Waals surface area contributed by atoms with E-state index >= 15 is 0 Å². The first kappa shape index (κ1) is 12.1. The van der Waals surface area contributed by atoms with E-state index in [0.717, 1.165) is 12.1 Å². The van der Waals surface area contributed by atoms with Crippen LogP contribution in [-0.2, 0) is 0 Å². The number of benzene rings is 1. The van der Waals surface area contributed by atoms with E-state index in [1.54, 1.807) is 0 Å². The van der Waals surface area contributed by atoms with Crippen molar-refractivity contribution in [2.24, 2.45) is 0 Å². The van der Waals surface area contributed by atoms with E-state index in [-0.39, 0.29) is 28.5 Å². The second-order valence-corrected chi connectivity index (χ2v) is 4.41. The summed E-state index contributed by atoms with van der Waals surface area (Å²) in [7, 11) is 0. The highest BCUT2D eigenvalue weighted by atomic mass is 35.5. The van der Waals surface area contributed by atoms with Gasteiger partial charge in [0, 0.05) is 18.2 Å². The zero-order valence-electron chi connectivity index (χ0n) is 8.69. The van der Waals surface area contributed by atoms with Gasteiger partial charge in [-0.2, -0.15) is 0 Å². The van der Waals surface area contributed by atoms with Crippen molar-refractivity contribution in [3.05, 3.63) is 33.1 Å². The molecule has 0 aliphatic heterocycles. The minimum Gasteiger partial charge on any atom is -0.393 e. The Morgan fingerprint density at radius 3 is 2.71 bits per heavy atom. The molecule has 17 heavy (non-hydrogen) atoms. The molecule has 1 saturated carbocycles. The summed E-state index contributed by atoms with van der Waals surface area (Å²) in [4.78, 5) is 10.2. The third-order valence-corrected chi connectivity index (χ3v) is 3.00.